The quantitative estimate of drug-likeness (QED) is 0.734. The second-order valence-corrected chi connectivity index (χ2v) is 3.87. The van der Waals surface area contributed by atoms with Crippen molar-refractivity contribution in [2.45, 2.75) is 0 Å². The van der Waals surface area contributed by atoms with Gasteiger partial charge in [0.1, 0.15) is 0 Å². The van der Waals surface area contributed by atoms with Crippen LogP contribution in [0.25, 0.3) is 11.3 Å². The van der Waals surface area contributed by atoms with Crippen LogP contribution in [0.5, 0.6) is 0 Å². The number of hydrogen-bond acceptors (Lipinski definition) is 3. The first kappa shape index (κ1) is 10.5. The molecule has 0 atom stereocenters. The Hall–Kier alpha value is -2.62. The molecule has 0 spiro atoms. The third-order valence-corrected chi connectivity index (χ3v) is 2.57. The molecule has 0 saturated carbocycles. The number of benzene rings is 1. The van der Waals surface area contributed by atoms with Crippen molar-refractivity contribution >= 4 is 11.6 Å². The number of H-pyrrole nitrogens is 1. The standard InChI is InChI=1S/C14H12N4/c1-2-6-12(7-3-1)17-14-16-10-13(18-14)11-5-4-8-15-9-11/h1-10H,(H2,16,17,18). The number of pyridine rings is 1. The second-order valence-electron chi connectivity index (χ2n) is 3.87. The van der Waals surface area contributed by atoms with Crippen LogP contribution < -0.4 is 5.32 Å². The molecule has 3 aromatic rings. The maximum atomic E-state index is 4.47. The molecular formula is C14H12N4. The zero-order valence-corrected chi connectivity index (χ0v) is 9.67. The monoisotopic (exact) mass is 236 g/mol. The van der Waals surface area contributed by atoms with Gasteiger partial charge in [-0.1, -0.05) is 18.2 Å². The third kappa shape index (κ3) is 2.22. The number of anilines is 2. The van der Waals surface area contributed by atoms with E-state index in [-0.39, 0.29) is 0 Å². The van der Waals surface area contributed by atoms with Gasteiger partial charge < -0.3 is 10.3 Å². The van der Waals surface area contributed by atoms with Crippen molar-refractivity contribution in [2.24, 2.45) is 0 Å². The molecule has 18 heavy (non-hydrogen) atoms. The molecule has 4 nitrogen and oxygen atoms in total. The highest BCUT2D eigenvalue weighted by Crippen LogP contribution is 2.19. The minimum Gasteiger partial charge on any atom is -0.330 e. The van der Waals surface area contributed by atoms with Crippen molar-refractivity contribution in [2.75, 3.05) is 5.32 Å². The van der Waals surface area contributed by atoms with Crippen LogP contribution in [0.15, 0.2) is 61.1 Å². The van der Waals surface area contributed by atoms with Gasteiger partial charge in [0.2, 0.25) is 5.95 Å². The first-order valence-electron chi connectivity index (χ1n) is 5.70. The molecule has 0 aliphatic carbocycles. The summed E-state index contributed by atoms with van der Waals surface area (Å²) in [5.74, 6) is 0.722. The predicted molar refractivity (Wildman–Crippen MR) is 71.5 cm³/mol. The lowest BCUT2D eigenvalue weighted by Gasteiger charge is -2.00. The Kier molecular flexibility index (Phi) is 2.75. The Morgan fingerprint density at radius 2 is 1.89 bits per heavy atom. The SMILES string of the molecule is c1ccc(Nc2nc(-c3cccnc3)c[nH]2)cc1. The summed E-state index contributed by atoms with van der Waals surface area (Å²) in [7, 11) is 0. The molecule has 3 rings (SSSR count). The van der Waals surface area contributed by atoms with E-state index in [1.165, 1.54) is 0 Å². The van der Waals surface area contributed by atoms with Crippen LogP contribution in [0.1, 0.15) is 0 Å². The summed E-state index contributed by atoms with van der Waals surface area (Å²) in [4.78, 5) is 11.7. The Balaban J connectivity index is 1.82. The molecule has 0 fully saturated rings. The van der Waals surface area contributed by atoms with Gasteiger partial charge in [0, 0.05) is 29.8 Å². The summed E-state index contributed by atoms with van der Waals surface area (Å²) in [6.45, 7) is 0. The fraction of sp³-hybridized carbons (Fsp3) is 0. The number of imidazole rings is 1. The van der Waals surface area contributed by atoms with Crippen molar-refractivity contribution in [1.82, 2.24) is 15.0 Å². The van der Waals surface area contributed by atoms with E-state index in [1.54, 1.807) is 12.4 Å². The number of aromatic nitrogens is 3. The molecule has 0 bridgehead atoms. The average molecular weight is 236 g/mol. The van der Waals surface area contributed by atoms with Crippen molar-refractivity contribution < 1.29 is 0 Å². The summed E-state index contributed by atoms with van der Waals surface area (Å²) in [6, 6.07) is 13.8. The van der Waals surface area contributed by atoms with Gasteiger partial charge in [-0.2, -0.15) is 0 Å². The number of para-hydroxylation sites is 1. The van der Waals surface area contributed by atoms with Crippen LogP contribution in [0.3, 0.4) is 0 Å². The first-order valence-corrected chi connectivity index (χ1v) is 5.70. The summed E-state index contributed by atoms with van der Waals surface area (Å²) in [5.41, 5.74) is 2.88. The molecule has 0 aliphatic rings. The topological polar surface area (TPSA) is 53.6 Å². The number of hydrogen-bond donors (Lipinski definition) is 2. The van der Waals surface area contributed by atoms with Gasteiger partial charge >= 0.3 is 0 Å². The molecular weight excluding hydrogens is 224 g/mol. The summed E-state index contributed by atoms with van der Waals surface area (Å²) in [5, 5.41) is 3.21. The average Bonchev–Trinajstić information content (AvgIpc) is 2.89. The van der Waals surface area contributed by atoms with Crippen molar-refractivity contribution in [3.05, 3.63) is 61.1 Å². The van der Waals surface area contributed by atoms with Crippen molar-refractivity contribution in [1.29, 1.82) is 0 Å². The highest BCUT2D eigenvalue weighted by molar-refractivity contribution is 5.61. The van der Waals surface area contributed by atoms with Gasteiger partial charge in [-0.05, 0) is 24.3 Å². The molecule has 4 heteroatoms. The predicted octanol–water partition coefficient (Wildman–Crippen LogP) is 3.22. The molecule has 0 radical (unpaired) electrons. The number of nitrogens with one attached hydrogen (secondary N) is 2. The summed E-state index contributed by atoms with van der Waals surface area (Å²) < 4.78 is 0. The zero-order valence-electron chi connectivity index (χ0n) is 9.67. The van der Waals surface area contributed by atoms with Gasteiger partial charge in [-0.15, -0.1) is 0 Å². The van der Waals surface area contributed by atoms with E-state index in [0.717, 1.165) is 22.9 Å². The Labute approximate surface area is 105 Å². The van der Waals surface area contributed by atoms with E-state index < -0.39 is 0 Å². The van der Waals surface area contributed by atoms with Crippen LogP contribution >= 0.6 is 0 Å². The van der Waals surface area contributed by atoms with Crippen LogP contribution in [0, 0.1) is 0 Å². The molecule has 2 N–H and O–H groups in total. The third-order valence-electron chi connectivity index (χ3n) is 2.57. The lowest BCUT2D eigenvalue weighted by Crippen LogP contribution is -1.91. The normalized spacial score (nSPS) is 10.2. The van der Waals surface area contributed by atoms with Crippen LogP contribution in [0.4, 0.5) is 11.6 Å². The van der Waals surface area contributed by atoms with Crippen molar-refractivity contribution in [3.63, 3.8) is 0 Å². The van der Waals surface area contributed by atoms with Gasteiger partial charge in [0.05, 0.1) is 5.69 Å². The highest BCUT2D eigenvalue weighted by Gasteiger charge is 2.03. The lowest BCUT2D eigenvalue weighted by molar-refractivity contribution is 1.28. The Morgan fingerprint density at radius 3 is 2.67 bits per heavy atom. The number of rotatable bonds is 3. The van der Waals surface area contributed by atoms with Gasteiger partial charge in [0.25, 0.3) is 0 Å². The fourth-order valence-electron chi connectivity index (χ4n) is 1.71. The Bertz CT molecular complexity index is 617. The Morgan fingerprint density at radius 1 is 1.00 bits per heavy atom. The van der Waals surface area contributed by atoms with E-state index in [4.69, 9.17) is 0 Å². The molecule has 0 unspecified atom stereocenters. The molecule has 1 aromatic carbocycles. The maximum absolute atomic E-state index is 4.47. The van der Waals surface area contributed by atoms with Gasteiger partial charge in [-0.3, -0.25) is 4.98 Å². The van der Waals surface area contributed by atoms with E-state index >= 15 is 0 Å². The van der Waals surface area contributed by atoms with Crippen LogP contribution in [0.2, 0.25) is 0 Å². The second kappa shape index (κ2) is 4.71. The maximum Gasteiger partial charge on any atom is 0.205 e. The highest BCUT2D eigenvalue weighted by atomic mass is 15.1. The lowest BCUT2D eigenvalue weighted by atomic mass is 10.2. The summed E-state index contributed by atoms with van der Waals surface area (Å²) in [6.07, 6.45) is 5.41. The smallest absolute Gasteiger partial charge is 0.205 e. The molecule has 0 aliphatic heterocycles. The van der Waals surface area contributed by atoms with E-state index in [9.17, 15) is 0 Å². The first-order chi connectivity index (χ1) is 8.92. The molecule has 2 heterocycles. The largest absolute Gasteiger partial charge is 0.330 e. The summed E-state index contributed by atoms with van der Waals surface area (Å²) >= 11 is 0. The fourth-order valence-corrected chi connectivity index (χ4v) is 1.71. The minimum atomic E-state index is 0.722. The molecule has 88 valence electrons. The van der Waals surface area contributed by atoms with Crippen LogP contribution in [-0.4, -0.2) is 15.0 Å². The minimum absolute atomic E-state index is 0.722. The van der Waals surface area contributed by atoms with Gasteiger partial charge in [-0.25, -0.2) is 4.98 Å². The number of aromatic amines is 1. The zero-order chi connectivity index (χ0) is 12.2. The van der Waals surface area contributed by atoms with E-state index in [1.807, 2.05) is 48.7 Å². The number of nitrogens with zero attached hydrogens (tertiary/aromatic N) is 2. The molecule has 2 aromatic heterocycles. The molecule has 0 amide bonds. The van der Waals surface area contributed by atoms with E-state index in [2.05, 4.69) is 20.3 Å². The van der Waals surface area contributed by atoms with Gasteiger partial charge in [0.15, 0.2) is 0 Å². The van der Waals surface area contributed by atoms with E-state index in [0.29, 0.717) is 0 Å². The molecule has 0 saturated heterocycles. The van der Waals surface area contributed by atoms with Crippen molar-refractivity contribution in [3.8, 4) is 11.3 Å². The van der Waals surface area contributed by atoms with Crippen LogP contribution in [-0.2, 0) is 0 Å².